The van der Waals surface area contributed by atoms with Gasteiger partial charge in [0.05, 0.1) is 6.04 Å². The van der Waals surface area contributed by atoms with E-state index in [1.54, 1.807) is 0 Å². The quantitative estimate of drug-likeness (QED) is 0.0980. The summed E-state index contributed by atoms with van der Waals surface area (Å²) in [6.07, 6.45) is 7.19. The van der Waals surface area contributed by atoms with E-state index in [4.69, 9.17) is 11.5 Å². The highest BCUT2D eigenvalue weighted by Gasteiger charge is 2.34. The Kier molecular flexibility index (Phi) is 16.8. The van der Waals surface area contributed by atoms with Crippen molar-refractivity contribution in [3.05, 3.63) is 59.7 Å². The van der Waals surface area contributed by atoms with Crippen LogP contribution in [0.2, 0.25) is 0 Å². The molecule has 0 spiro atoms. The highest BCUT2D eigenvalue weighted by Crippen LogP contribution is 2.12. The van der Waals surface area contributed by atoms with Crippen LogP contribution in [-0.4, -0.2) is 84.0 Å². The van der Waals surface area contributed by atoms with Gasteiger partial charge in [-0.1, -0.05) is 68.0 Å². The topological polar surface area (TPSA) is 218 Å². The van der Waals surface area contributed by atoms with Crippen LogP contribution in [0, 0.1) is 5.92 Å². The van der Waals surface area contributed by atoms with Crippen LogP contribution < -0.4 is 38.1 Å². The second-order valence-electron chi connectivity index (χ2n) is 12.5. The third kappa shape index (κ3) is 14.1. The van der Waals surface area contributed by atoms with E-state index in [9.17, 15) is 29.1 Å². The number of carboxylic acid groups (broad SMARTS) is 1. The van der Waals surface area contributed by atoms with Crippen LogP contribution in [0.15, 0.2) is 54.1 Å². The first kappa shape index (κ1) is 39.1. The highest BCUT2D eigenvalue weighted by atomic mass is 16.4. The number of nitrogens with one attached hydrogen (secondary N) is 5. The fourth-order valence-corrected chi connectivity index (χ4v) is 5.27. The predicted octanol–water partition coefficient (Wildman–Crippen LogP) is 0.640. The second-order valence-corrected chi connectivity index (χ2v) is 12.5. The molecule has 13 heteroatoms. The van der Waals surface area contributed by atoms with Crippen molar-refractivity contribution >= 4 is 29.6 Å². The fraction of sp³-hybridized carbons (Fsp3) is 0.559. The maximum atomic E-state index is 13.7. The zero-order chi connectivity index (χ0) is 34.9. The zero-order valence-corrected chi connectivity index (χ0v) is 28.0. The number of amides is 4. The summed E-state index contributed by atoms with van der Waals surface area (Å²) in [6.45, 7) is 8.10. The van der Waals surface area contributed by atoms with Gasteiger partial charge in [-0.15, -0.1) is 0 Å². The largest absolute Gasteiger partial charge is 0.480 e. The monoisotopic (exact) mass is 655 g/mol. The Balaban J connectivity index is 2.20. The molecule has 4 amide bonds. The molecule has 0 aromatic heterocycles. The van der Waals surface area contributed by atoms with Gasteiger partial charge in [0.15, 0.2) is 0 Å². The molecule has 0 saturated carbocycles. The third-order valence-electron chi connectivity index (χ3n) is 7.81. The molecule has 260 valence electrons. The minimum atomic E-state index is -1.01. The van der Waals surface area contributed by atoms with Crippen molar-refractivity contribution < 1.29 is 29.1 Å². The number of carbonyl (C=O) groups is 5. The number of hydrogen-bond donors (Lipinski definition) is 8. The van der Waals surface area contributed by atoms with Crippen molar-refractivity contribution in [2.24, 2.45) is 17.4 Å². The lowest BCUT2D eigenvalue weighted by Gasteiger charge is -2.27. The number of benzene rings is 1. The smallest absolute Gasteiger partial charge is 0.320 e. The van der Waals surface area contributed by atoms with Crippen LogP contribution in [0.3, 0.4) is 0 Å². The number of carbonyl (C=O) groups excluding carboxylic acids is 4. The van der Waals surface area contributed by atoms with E-state index in [1.807, 2.05) is 76.3 Å². The lowest BCUT2D eigenvalue weighted by Crippen LogP contribution is -2.58. The van der Waals surface area contributed by atoms with Crippen molar-refractivity contribution in [2.45, 2.75) is 102 Å². The van der Waals surface area contributed by atoms with E-state index in [1.165, 1.54) is 0 Å². The predicted molar refractivity (Wildman–Crippen MR) is 181 cm³/mol. The average molecular weight is 656 g/mol. The van der Waals surface area contributed by atoms with Gasteiger partial charge in [-0.05, 0) is 70.4 Å². The minimum absolute atomic E-state index is 0.00328. The Morgan fingerprint density at radius 1 is 0.979 bits per heavy atom. The molecule has 1 aromatic carbocycles. The maximum absolute atomic E-state index is 13.7. The Morgan fingerprint density at radius 2 is 1.62 bits per heavy atom. The zero-order valence-electron chi connectivity index (χ0n) is 28.0. The fourth-order valence-electron chi connectivity index (χ4n) is 5.27. The number of nitrogens with two attached hydrogens (primary N) is 2. The Bertz CT molecular complexity index is 1250. The van der Waals surface area contributed by atoms with Gasteiger partial charge in [-0.3, -0.25) is 24.0 Å². The highest BCUT2D eigenvalue weighted by molar-refractivity contribution is 5.95. The Hall–Kier alpha value is -4.07. The summed E-state index contributed by atoms with van der Waals surface area (Å²) in [7, 11) is 0. The molecule has 6 atom stereocenters. The van der Waals surface area contributed by atoms with Gasteiger partial charge in [0.2, 0.25) is 23.6 Å². The molecule has 47 heavy (non-hydrogen) atoms. The van der Waals surface area contributed by atoms with Crippen molar-refractivity contribution in [1.29, 1.82) is 0 Å². The molecule has 2 rings (SSSR count). The van der Waals surface area contributed by atoms with Gasteiger partial charge in [0, 0.05) is 12.6 Å². The van der Waals surface area contributed by atoms with E-state index in [0.29, 0.717) is 13.0 Å². The lowest BCUT2D eigenvalue weighted by atomic mass is 10.00. The van der Waals surface area contributed by atoms with Gasteiger partial charge in [-0.2, -0.15) is 0 Å². The Labute approximate surface area is 277 Å². The van der Waals surface area contributed by atoms with Crippen molar-refractivity contribution in [3.63, 3.8) is 0 Å². The van der Waals surface area contributed by atoms with Gasteiger partial charge < -0.3 is 43.2 Å². The number of rotatable bonds is 19. The van der Waals surface area contributed by atoms with Crippen molar-refractivity contribution in [1.82, 2.24) is 26.6 Å². The molecule has 1 fully saturated rings. The van der Waals surface area contributed by atoms with Crippen molar-refractivity contribution in [3.8, 4) is 0 Å². The Morgan fingerprint density at radius 3 is 2.21 bits per heavy atom. The molecule has 1 aromatic rings. The summed E-state index contributed by atoms with van der Waals surface area (Å²) in [4.78, 5) is 65.0. The standard InChI is InChI=1S/C34H53N7O6/c1-5-6-11-22(4)17-28(40-30(42)25(36)18-23-12-8-7-9-13-23)33(45)41-27(16-21(2)3)32(44)39-26(14-10-15-35)31(43)38-24-19-29(34(46)47)37-20-24/h5-9,11-13,21,24-29,37H,10,14-20,35-36H2,1-4H3,(H,38,43)(H,39,44)(H,40,42)(H,41,45)(H,46,47)/b6-5-,22-11+/t24-,25+,26+,27+,28+,29-/m0/s1. The van der Waals surface area contributed by atoms with Crippen LogP contribution in [-0.2, 0) is 30.4 Å². The van der Waals surface area contributed by atoms with Gasteiger partial charge in [0.25, 0.3) is 0 Å². The SMILES string of the molecule is C/C=C\C=C(/C)C[C@@H](NC(=O)[C@H](N)Cc1ccccc1)C(=O)N[C@H](CC(C)C)C(=O)N[C@H](CCCN)C(=O)N[C@@H]1CN[C@H](C(=O)O)C1. The first-order valence-electron chi connectivity index (χ1n) is 16.3. The molecule has 0 radical (unpaired) electrons. The third-order valence-corrected chi connectivity index (χ3v) is 7.81. The number of hydrogen-bond acceptors (Lipinski definition) is 8. The van der Waals surface area contributed by atoms with Crippen LogP contribution >= 0.6 is 0 Å². The summed E-state index contributed by atoms with van der Waals surface area (Å²) >= 11 is 0. The molecule has 1 aliphatic rings. The van der Waals surface area contributed by atoms with Gasteiger partial charge in [-0.25, -0.2) is 0 Å². The lowest BCUT2D eigenvalue weighted by molar-refractivity contribution is -0.139. The van der Waals surface area contributed by atoms with Crippen LogP contribution in [0.25, 0.3) is 0 Å². The van der Waals surface area contributed by atoms with Crippen LogP contribution in [0.1, 0.15) is 65.4 Å². The van der Waals surface area contributed by atoms with Crippen LogP contribution in [0.4, 0.5) is 0 Å². The minimum Gasteiger partial charge on any atom is -0.480 e. The summed E-state index contributed by atoms with van der Waals surface area (Å²) in [5.74, 6) is -3.06. The molecule has 13 nitrogen and oxygen atoms in total. The summed E-state index contributed by atoms with van der Waals surface area (Å²) in [5.41, 5.74) is 13.6. The van der Waals surface area contributed by atoms with E-state index in [0.717, 1.165) is 11.1 Å². The number of carboxylic acids is 1. The van der Waals surface area contributed by atoms with Crippen LogP contribution in [0.5, 0.6) is 0 Å². The van der Waals surface area contributed by atoms with E-state index in [2.05, 4.69) is 26.6 Å². The van der Waals surface area contributed by atoms with Crippen molar-refractivity contribution in [2.75, 3.05) is 13.1 Å². The number of aliphatic carboxylic acids is 1. The molecule has 0 bridgehead atoms. The summed E-state index contributed by atoms with van der Waals surface area (Å²) in [6, 6.07) is 4.29. The maximum Gasteiger partial charge on any atom is 0.320 e. The second kappa shape index (κ2) is 20.2. The van der Waals surface area contributed by atoms with E-state index in [-0.39, 0.29) is 44.6 Å². The molecule has 0 aliphatic carbocycles. The molecule has 1 heterocycles. The summed E-state index contributed by atoms with van der Waals surface area (Å²) < 4.78 is 0. The molecule has 10 N–H and O–H groups in total. The molecule has 1 aliphatic heterocycles. The molecular weight excluding hydrogens is 602 g/mol. The molecule has 0 unspecified atom stereocenters. The van der Waals surface area contributed by atoms with Gasteiger partial charge in [0.1, 0.15) is 24.2 Å². The average Bonchev–Trinajstić information content (AvgIpc) is 3.50. The first-order valence-corrected chi connectivity index (χ1v) is 16.3. The molecular formula is C34H53N7O6. The van der Waals surface area contributed by atoms with E-state index < -0.39 is 65.8 Å². The summed E-state index contributed by atoms with van der Waals surface area (Å²) in [5, 5.41) is 23.3. The first-order chi connectivity index (χ1) is 22.3. The normalized spacial score (nSPS) is 19.1. The molecule has 1 saturated heterocycles. The van der Waals surface area contributed by atoms with E-state index >= 15 is 0 Å². The number of allylic oxidation sites excluding steroid dienone is 3. The van der Waals surface area contributed by atoms with Gasteiger partial charge >= 0.3 is 5.97 Å².